The lowest BCUT2D eigenvalue weighted by molar-refractivity contribution is -0.384. The zero-order valence-electron chi connectivity index (χ0n) is 10.0. The first-order valence-electron chi connectivity index (χ1n) is 5.87. The molecule has 1 aliphatic heterocycles. The number of ether oxygens (including phenoxy) is 1. The van der Waals surface area contributed by atoms with Gasteiger partial charge in [0.2, 0.25) is 0 Å². The molecule has 0 bridgehead atoms. The van der Waals surface area contributed by atoms with Crippen molar-refractivity contribution in [2.45, 2.75) is 0 Å². The van der Waals surface area contributed by atoms with E-state index in [4.69, 9.17) is 9.15 Å². The molecular formula is C11H12N4O4. The number of aromatic nitrogens is 1. The van der Waals surface area contributed by atoms with Crippen LogP contribution in [0.4, 0.5) is 11.7 Å². The summed E-state index contributed by atoms with van der Waals surface area (Å²) in [5, 5.41) is 12.6. The zero-order valence-corrected chi connectivity index (χ0v) is 10.0. The Morgan fingerprint density at radius 3 is 2.89 bits per heavy atom. The molecule has 2 heterocycles. The minimum Gasteiger partial charge on any atom is -0.423 e. The van der Waals surface area contributed by atoms with Crippen LogP contribution >= 0.6 is 0 Å². The highest BCUT2D eigenvalue weighted by molar-refractivity contribution is 5.77. The van der Waals surface area contributed by atoms with Crippen molar-refractivity contribution in [2.24, 2.45) is 0 Å². The van der Waals surface area contributed by atoms with E-state index < -0.39 is 4.92 Å². The fraction of sp³-hybridized carbons (Fsp3) is 0.364. The van der Waals surface area contributed by atoms with Gasteiger partial charge in [-0.3, -0.25) is 15.5 Å². The van der Waals surface area contributed by atoms with Crippen molar-refractivity contribution >= 4 is 22.8 Å². The summed E-state index contributed by atoms with van der Waals surface area (Å²) in [7, 11) is 0. The largest absolute Gasteiger partial charge is 0.423 e. The molecule has 0 atom stereocenters. The van der Waals surface area contributed by atoms with Crippen LogP contribution in [0.3, 0.4) is 0 Å². The van der Waals surface area contributed by atoms with Crippen molar-refractivity contribution in [1.29, 1.82) is 0 Å². The van der Waals surface area contributed by atoms with Crippen molar-refractivity contribution < 1.29 is 14.1 Å². The minimum atomic E-state index is -0.455. The van der Waals surface area contributed by atoms with Crippen LogP contribution in [0.5, 0.6) is 0 Å². The van der Waals surface area contributed by atoms with Crippen molar-refractivity contribution in [3.63, 3.8) is 0 Å². The number of non-ortho nitro benzene ring substituents is 1. The summed E-state index contributed by atoms with van der Waals surface area (Å²) < 4.78 is 10.7. The number of hydrogen-bond acceptors (Lipinski definition) is 7. The van der Waals surface area contributed by atoms with Crippen LogP contribution in [0.25, 0.3) is 11.1 Å². The van der Waals surface area contributed by atoms with Gasteiger partial charge in [0, 0.05) is 25.2 Å². The molecule has 19 heavy (non-hydrogen) atoms. The van der Waals surface area contributed by atoms with E-state index in [1.54, 1.807) is 6.07 Å². The van der Waals surface area contributed by atoms with Gasteiger partial charge in [-0.25, -0.2) is 5.01 Å². The Kier molecular flexibility index (Phi) is 3.02. The number of nitrogens with zero attached hydrogens (tertiary/aromatic N) is 3. The predicted octanol–water partition coefficient (Wildman–Crippen LogP) is 1.40. The van der Waals surface area contributed by atoms with Crippen molar-refractivity contribution in [3.8, 4) is 0 Å². The molecule has 0 aliphatic carbocycles. The molecule has 1 aromatic heterocycles. The second-order valence-electron chi connectivity index (χ2n) is 4.14. The maximum atomic E-state index is 10.7. The second kappa shape index (κ2) is 4.82. The maximum Gasteiger partial charge on any atom is 0.310 e. The van der Waals surface area contributed by atoms with Crippen LogP contribution in [0.15, 0.2) is 22.6 Å². The highest BCUT2D eigenvalue weighted by Gasteiger charge is 2.15. The highest BCUT2D eigenvalue weighted by atomic mass is 16.6. The SMILES string of the molecule is O=[N+]([O-])c1ccc2oc(NN3CCOCC3)nc2c1. The predicted molar refractivity (Wildman–Crippen MR) is 66.7 cm³/mol. The number of nitro groups is 1. The molecule has 0 saturated carbocycles. The summed E-state index contributed by atoms with van der Waals surface area (Å²) in [6.45, 7) is 2.77. The summed E-state index contributed by atoms with van der Waals surface area (Å²) in [4.78, 5) is 14.4. The lowest BCUT2D eigenvalue weighted by Crippen LogP contribution is -2.40. The van der Waals surface area contributed by atoms with Crippen molar-refractivity contribution in [2.75, 3.05) is 31.7 Å². The van der Waals surface area contributed by atoms with Crippen LogP contribution < -0.4 is 5.43 Å². The zero-order chi connectivity index (χ0) is 13.2. The van der Waals surface area contributed by atoms with Crippen LogP contribution in [-0.2, 0) is 4.74 Å². The van der Waals surface area contributed by atoms with Gasteiger partial charge >= 0.3 is 6.01 Å². The van der Waals surface area contributed by atoms with E-state index in [0.717, 1.165) is 13.1 Å². The van der Waals surface area contributed by atoms with Gasteiger partial charge in [-0.2, -0.15) is 4.98 Å². The third-order valence-electron chi connectivity index (χ3n) is 2.85. The van der Waals surface area contributed by atoms with Crippen LogP contribution in [0.1, 0.15) is 0 Å². The molecule has 1 N–H and O–H groups in total. The molecular weight excluding hydrogens is 252 g/mol. The van der Waals surface area contributed by atoms with Crippen LogP contribution in [0.2, 0.25) is 0 Å². The standard InChI is InChI=1S/C11H12N4O4/c16-15(17)8-1-2-10-9(7-8)12-11(19-10)13-14-3-5-18-6-4-14/h1-2,7H,3-6H2,(H,12,13). The molecule has 1 aromatic carbocycles. The molecule has 100 valence electrons. The molecule has 0 spiro atoms. The van der Waals surface area contributed by atoms with E-state index >= 15 is 0 Å². The van der Waals surface area contributed by atoms with Crippen LogP contribution in [0, 0.1) is 10.1 Å². The monoisotopic (exact) mass is 264 g/mol. The molecule has 8 heteroatoms. The molecule has 8 nitrogen and oxygen atoms in total. The van der Waals surface area contributed by atoms with Gasteiger partial charge in [0.1, 0.15) is 5.52 Å². The third-order valence-corrected chi connectivity index (χ3v) is 2.85. The normalized spacial score (nSPS) is 16.6. The molecule has 1 aliphatic rings. The van der Waals surface area contributed by atoms with E-state index in [9.17, 15) is 10.1 Å². The van der Waals surface area contributed by atoms with Gasteiger partial charge in [-0.05, 0) is 6.07 Å². The average Bonchev–Trinajstić information content (AvgIpc) is 2.80. The third kappa shape index (κ3) is 2.49. The number of benzene rings is 1. The number of nitro benzene ring substituents is 1. The molecule has 0 amide bonds. The number of hydrazine groups is 1. The first-order chi connectivity index (χ1) is 9.22. The number of hydrogen-bond donors (Lipinski definition) is 1. The minimum absolute atomic E-state index is 0.00118. The first-order valence-corrected chi connectivity index (χ1v) is 5.87. The quantitative estimate of drug-likeness (QED) is 0.661. The summed E-state index contributed by atoms with van der Waals surface area (Å²) >= 11 is 0. The Hall–Kier alpha value is -2.19. The van der Waals surface area contributed by atoms with Crippen LogP contribution in [-0.4, -0.2) is 41.2 Å². The fourth-order valence-corrected chi connectivity index (χ4v) is 1.89. The lowest BCUT2D eigenvalue weighted by atomic mass is 10.3. The van der Waals surface area contributed by atoms with Gasteiger partial charge < -0.3 is 9.15 Å². The van der Waals surface area contributed by atoms with Gasteiger partial charge in [0.15, 0.2) is 5.58 Å². The Labute approximate surface area is 108 Å². The van der Waals surface area contributed by atoms with Gasteiger partial charge in [0.25, 0.3) is 5.69 Å². The van der Waals surface area contributed by atoms with E-state index in [1.165, 1.54) is 12.1 Å². The number of nitrogens with one attached hydrogen (secondary N) is 1. The Morgan fingerprint density at radius 1 is 1.37 bits per heavy atom. The first kappa shape index (κ1) is 11.9. The summed E-state index contributed by atoms with van der Waals surface area (Å²) in [5.74, 6) is 0. The number of oxazole rings is 1. The summed E-state index contributed by atoms with van der Waals surface area (Å²) in [6.07, 6.45) is 0. The number of morpholine rings is 1. The summed E-state index contributed by atoms with van der Waals surface area (Å²) in [5.41, 5.74) is 4.00. The van der Waals surface area contributed by atoms with Crippen molar-refractivity contribution in [3.05, 3.63) is 28.3 Å². The van der Waals surface area contributed by atoms with Gasteiger partial charge in [-0.15, -0.1) is 0 Å². The molecule has 1 fully saturated rings. The smallest absolute Gasteiger partial charge is 0.310 e. The average molecular weight is 264 g/mol. The van der Waals surface area contributed by atoms with E-state index in [-0.39, 0.29) is 5.69 Å². The Morgan fingerprint density at radius 2 is 2.16 bits per heavy atom. The highest BCUT2D eigenvalue weighted by Crippen LogP contribution is 2.23. The fourth-order valence-electron chi connectivity index (χ4n) is 1.89. The van der Waals surface area contributed by atoms with E-state index in [2.05, 4.69) is 10.4 Å². The molecule has 3 rings (SSSR count). The molecule has 1 saturated heterocycles. The van der Waals surface area contributed by atoms with Crippen molar-refractivity contribution in [1.82, 2.24) is 9.99 Å². The molecule has 0 radical (unpaired) electrons. The lowest BCUT2D eigenvalue weighted by Gasteiger charge is -2.25. The summed E-state index contributed by atoms with van der Waals surface area (Å²) in [6, 6.07) is 4.66. The van der Waals surface area contributed by atoms with Gasteiger partial charge in [-0.1, -0.05) is 0 Å². The number of anilines is 1. The molecule has 0 unspecified atom stereocenters. The van der Waals surface area contributed by atoms with Gasteiger partial charge in [0.05, 0.1) is 18.1 Å². The number of fused-ring (bicyclic) bond motifs is 1. The second-order valence-corrected chi connectivity index (χ2v) is 4.14. The topological polar surface area (TPSA) is 93.7 Å². The Bertz CT molecular complexity index is 606. The Balaban J connectivity index is 1.82. The number of rotatable bonds is 3. The molecule has 2 aromatic rings. The maximum absolute atomic E-state index is 10.7. The van der Waals surface area contributed by atoms with E-state index in [0.29, 0.717) is 30.3 Å². The van der Waals surface area contributed by atoms with E-state index in [1.807, 2.05) is 5.01 Å².